The van der Waals surface area contributed by atoms with E-state index in [9.17, 15) is 8.42 Å². The minimum atomic E-state index is -3.88. The Morgan fingerprint density at radius 3 is 2.96 bits per heavy atom. The number of imidazole rings is 1. The average Bonchev–Trinajstić information content (AvgIpc) is 3.25. The van der Waals surface area contributed by atoms with Gasteiger partial charge in [0.25, 0.3) is 10.0 Å². The third-order valence-corrected chi connectivity index (χ3v) is 6.39. The molecule has 0 bridgehead atoms. The smallest absolute Gasteiger partial charge is 0.262 e. The van der Waals surface area contributed by atoms with E-state index < -0.39 is 16.1 Å². The SMILES string of the molecule is CCc1nnc([C@@H]2CN(S(=O)(=O)c3c(Cl)nc4ccccn34)CCO2)o1. The Balaban J connectivity index is 1.68. The van der Waals surface area contributed by atoms with E-state index in [1.165, 1.54) is 8.71 Å². The molecule has 0 spiro atoms. The van der Waals surface area contributed by atoms with Gasteiger partial charge in [-0.2, -0.15) is 4.31 Å². The maximum absolute atomic E-state index is 13.2. The number of rotatable bonds is 4. The Morgan fingerprint density at radius 1 is 1.35 bits per heavy atom. The van der Waals surface area contributed by atoms with Crippen LogP contribution in [0.4, 0.5) is 0 Å². The summed E-state index contributed by atoms with van der Waals surface area (Å²) in [6, 6.07) is 5.18. The van der Waals surface area contributed by atoms with Crippen LogP contribution in [0, 0.1) is 0 Å². The molecule has 1 aliphatic heterocycles. The van der Waals surface area contributed by atoms with E-state index in [0.717, 1.165) is 0 Å². The third kappa shape index (κ3) is 2.88. The fourth-order valence-electron chi connectivity index (χ4n) is 2.83. The molecule has 3 aromatic heterocycles. The van der Waals surface area contributed by atoms with E-state index in [-0.39, 0.29) is 35.8 Å². The lowest BCUT2D eigenvalue weighted by Gasteiger charge is -2.30. The molecular formula is C15H16ClN5O4S. The lowest BCUT2D eigenvalue weighted by atomic mass is 10.3. The predicted octanol–water partition coefficient (Wildman–Crippen LogP) is 1.70. The maximum atomic E-state index is 13.2. The van der Waals surface area contributed by atoms with Gasteiger partial charge < -0.3 is 9.15 Å². The van der Waals surface area contributed by atoms with Crippen molar-refractivity contribution in [3.63, 3.8) is 0 Å². The van der Waals surface area contributed by atoms with Crippen molar-refractivity contribution < 1.29 is 17.6 Å². The van der Waals surface area contributed by atoms with E-state index in [1.54, 1.807) is 24.4 Å². The molecule has 1 atom stereocenters. The molecule has 1 saturated heterocycles. The van der Waals surface area contributed by atoms with Gasteiger partial charge in [0, 0.05) is 25.7 Å². The first kappa shape index (κ1) is 17.4. The molecule has 0 aliphatic carbocycles. The van der Waals surface area contributed by atoms with Crippen LogP contribution >= 0.6 is 11.6 Å². The highest BCUT2D eigenvalue weighted by Gasteiger charge is 2.37. The van der Waals surface area contributed by atoms with Gasteiger partial charge in [0.1, 0.15) is 11.8 Å². The molecule has 1 aliphatic rings. The van der Waals surface area contributed by atoms with Gasteiger partial charge in [-0.15, -0.1) is 10.2 Å². The average molecular weight is 398 g/mol. The molecule has 11 heteroatoms. The molecule has 1 fully saturated rings. The van der Waals surface area contributed by atoms with Gasteiger partial charge in [-0.05, 0) is 12.1 Å². The van der Waals surface area contributed by atoms with Crippen LogP contribution in [-0.4, -0.2) is 52.0 Å². The van der Waals surface area contributed by atoms with Gasteiger partial charge >= 0.3 is 0 Å². The maximum Gasteiger partial charge on any atom is 0.262 e. The van der Waals surface area contributed by atoms with Crippen molar-refractivity contribution >= 4 is 27.3 Å². The Hall–Kier alpha value is -2.01. The first-order valence-corrected chi connectivity index (χ1v) is 9.89. The van der Waals surface area contributed by atoms with Crippen LogP contribution in [0.5, 0.6) is 0 Å². The number of aryl methyl sites for hydroxylation is 1. The molecule has 9 nitrogen and oxygen atoms in total. The fraction of sp³-hybridized carbons (Fsp3) is 0.400. The quantitative estimate of drug-likeness (QED) is 0.659. The second-order valence-corrected chi connectivity index (χ2v) is 7.96. The van der Waals surface area contributed by atoms with Crippen LogP contribution < -0.4 is 0 Å². The number of pyridine rings is 1. The van der Waals surface area contributed by atoms with Gasteiger partial charge in [-0.25, -0.2) is 13.4 Å². The van der Waals surface area contributed by atoms with E-state index in [1.807, 2.05) is 6.92 Å². The van der Waals surface area contributed by atoms with E-state index in [0.29, 0.717) is 18.0 Å². The molecule has 26 heavy (non-hydrogen) atoms. The summed E-state index contributed by atoms with van der Waals surface area (Å²) in [6.07, 6.45) is 1.59. The molecule has 4 heterocycles. The van der Waals surface area contributed by atoms with Gasteiger partial charge in [-0.1, -0.05) is 24.6 Å². The number of hydrogen-bond donors (Lipinski definition) is 0. The number of fused-ring (bicyclic) bond motifs is 1. The summed E-state index contributed by atoms with van der Waals surface area (Å²) in [5.41, 5.74) is 0.463. The Morgan fingerprint density at radius 2 is 2.19 bits per heavy atom. The first-order valence-electron chi connectivity index (χ1n) is 8.07. The van der Waals surface area contributed by atoms with Crippen LogP contribution in [0.15, 0.2) is 33.8 Å². The van der Waals surface area contributed by atoms with Crippen molar-refractivity contribution in [3.8, 4) is 0 Å². The summed E-state index contributed by atoms with van der Waals surface area (Å²) >= 11 is 6.14. The highest BCUT2D eigenvalue weighted by molar-refractivity contribution is 7.89. The lowest BCUT2D eigenvalue weighted by molar-refractivity contribution is -0.0178. The molecule has 0 radical (unpaired) electrons. The monoisotopic (exact) mass is 397 g/mol. The summed E-state index contributed by atoms with van der Waals surface area (Å²) in [6.45, 7) is 2.36. The van der Waals surface area contributed by atoms with Gasteiger partial charge in [-0.3, -0.25) is 4.40 Å². The zero-order chi connectivity index (χ0) is 18.3. The van der Waals surface area contributed by atoms with Crippen molar-refractivity contribution in [3.05, 3.63) is 41.3 Å². The summed E-state index contributed by atoms with van der Waals surface area (Å²) < 4.78 is 40.3. The zero-order valence-electron chi connectivity index (χ0n) is 13.9. The normalized spacial score (nSPS) is 19.2. The minimum Gasteiger partial charge on any atom is -0.422 e. The number of sulfonamides is 1. The largest absolute Gasteiger partial charge is 0.422 e. The summed E-state index contributed by atoms with van der Waals surface area (Å²) in [5.74, 6) is 0.749. The minimum absolute atomic E-state index is 0.0596. The van der Waals surface area contributed by atoms with Gasteiger partial charge in [0.15, 0.2) is 10.2 Å². The molecule has 0 unspecified atom stereocenters. The number of ether oxygens (including phenoxy) is 1. The van der Waals surface area contributed by atoms with E-state index in [2.05, 4.69) is 15.2 Å². The first-order chi connectivity index (χ1) is 12.5. The molecule has 0 aromatic carbocycles. The van der Waals surface area contributed by atoms with Crippen LogP contribution in [-0.2, 0) is 21.2 Å². The van der Waals surface area contributed by atoms with Gasteiger partial charge in [0.05, 0.1) is 6.61 Å². The predicted molar refractivity (Wildman–Crippen MR) is 91.3 cm³/mol. The summed E-state index contributed by atoms with van der Waals surface area (Å²) in [4.78, 5) is 4.12. The molecule has 0 amide bonds. The summed E-state index contributed by atoms with van der Waals surface area (Å²) in [7, 11) is -3.88. The van der Waals surface area contributed by atoms with Crippen LogP contribution in [0.25, 0.3) is 5.65 Å². The lowest BCUT2D eigenvalue weighted by Crippen LogP contribution is -2.42. The molecular weight excluding hydrogens is 382 g/mol. The van der Waals surface area contributed by atoms with Gasteiger partial charge in [0.2, 0.25) is 11.8 Å². The van der Waals surface area contributed by atoms with Crippen LogP contribution in [0.3, 0.4) is 0 Å². The Kier molecular flexibility index (Phi) is 4.43. The molecule has 3 aromatic rings. The number of halogens is 1. The Bertz CT molecular complexity index is 1050. The molecule has 138 valence electrons. The number of morpholine rings is 1. The zero-order valence-corrected chi connectivity index (χ0v) is 15.4. The Labute approximate surface area is 154 Å². The highest BCUT2D eigenvalue weighted by atomic mass is 35.5. The number of hydrogen-bond acceptors (Lipinski definition) is 7. The van der Waals surface area contributed by atoms with Crippen molar-refractivity contribution in [2.24, 2.45) is 0 Å². The number of aromatic nitrogens is 4. The summed E-state index contributed by atoms with van der Waals surface area (Å²) in [5, 5.41) is 7.73. The van der Waals surface area contributed by atoms with Crippen LogP contribution in [0.1, 0.15) is 24.8 Å². The topological polar surface area (TPSA) is 103 Å². The molecule has 0 N–H and O–H groups in total. The third-order valence-electron chi connectivity index (χ3n) is 4.12. The van der Waals surface area contributed by atoms with E-state index >= 15 is 0 Å². The standard InChI is InChI=1S/C15H16ClN5O4S/c1-2-12-18-19-14(25-12)10-9-20(7-8-24-10)26(22,23)15-13(16)17-11-5-3-4-6-21(11)15/h3-6,10H,2,7-9H2,1H3/t10-/m0/s1. The van der Waals surface area contributed by atoms with Crippen LogP contribution in [0.2, 0.25) is 5.15 Å². The second kappa shape index (κ2) is 6.62. The fourth-order valence-corrected chi connectivity index (χ4v) is 4.85. The van der Waals surface area contributed by atoms with Crippen molar-refractivity contribution in [2.75, 3.05) is 19.7 Å². The molecule has 4 rings (SSSR count). The van der Waals surface area contributed by atoms with Crippen molar-refractivity contribution in [1.29, 1.82) is 0 Å². The van der Waals surface area contributed by atoms with Crippen molar-refractivity contribution in [2.45, 2.75) is 24.5 Å². The van der Waals surface area contributed by atoms with Crippen molar-refractivity contribution in [1.82, 2.24) is 23.9 Å². The van der Waals surface area contributed by atoms with E-state index in [4.69, 9.17) is 20.8 Å². The highest BCUT2D eigenvalue weighted by Crippen LogP contribution is 2.29. The number of nitrogens with zero attached hydrogens (tertiary/aromatic N) is 5. The molecule has 0 saturated carbocycles. The second-order valence-electron chi connectivity index (χ2n) is 5.75.